The molecule has 8 heteroatoms. The molecule has 0 unspecified atom stereocenters. The van der Waals surface area contributed by atoms with Crippen LogP contribution in [0.4, 0.5) is 5.95 Å². The van der Waals surface area contributed by atoms with E-state index in [0.29, 0.717) is 11.9 Å². The lowest BCUT2D eigenvalue weighted by Gasteiger charge is -2.23. The second kappa shape index (κ2) is 5.17. The van der Waals surface area contributed by atoms with E-state index in [-0.39, 0.29) is 6.17 Å². The summed E-state index contributed by atoms with van der Waals surface area (Å²) < 4.78 is 2.02. The van der Waals surface area contributed by atoms with E-state index in [9.17, 15) is 0 Å². The van der Waals surface area contributed by atoms with Gasteiger partial charge in [0.15, 0.2) is 12.1 Å². The number of hydrogen-bond acceptors (Lipinski definition) is 6. The van der Waals surface area contributed by atoms with Gasteiger partial charge in [-0.2, -0.15) is 5.10 Å². The molecule has 0 fully saturated rings. The highest BCUT2D eigenvalue weighted by atomic mass is 15.4. The number of rotatable bonds is 2. The van der Waals surface area contributed by atoms with E-state index >= 15 is 0 Å². The minimum Gasteiger partial charge on any atom is -0.370 e. The van der Waals surface area contributed by atoms with E-state index in [2.05, 4.69) is 30.5 Å². The number of pyridine rings is 1. The molecular formula is C17H14N8. The van der Waals surface area contributed by atoms with Gasteiger partial charge in [0.1, 0.15) is 0 Å². The molecule has 0 bridgehead atoms. The van der Waals surface area contributed by atoms with Gasteiger partial charge in [0.25, 0.3) is 0 Å². The molecule has 1 aromatic carbocycles. The average molecular weight is 330 g/mol. The Hall–Kier alpha value is -3.68. The monoisotopic (exact) mass is 330 g/mol. The van der Waals surface area contributed by atoms with Gasteiger partial charge in [-0.25, -0.2) is 9.98 Å². The molecule has 4 heterocycles. The highest BCUT2D eigenvalue weighted by molar-refractivity contribution is 5.94. The molecule has 0 radical (unpaired) electrons. The number of nitrogens with two attached hydrogens (primary N) is 1. The number of nitrogens with zero attached hydrogens (tertiary/aromatic N) is 5. The number of anilines is 1. The van der Waals surface area contributed by atoms with Gasteiger partial charge >= 0.3 is 0 Å². The molecule has 25 heavy (non-hydrogen) atoms. The molecule has 122 valence electrons. The highest BCUT2D eigenvalue weighted by Crippen LogP contribution is 2.35. The summed E-state index contributed by atoms with van der Waals surface area (Å²) in [5.74, 6) is 0.989. The Morgan fingerprint density at radius 2 is 2.00 bits per heavy atom. The molecule has 1 atom stereocenters. The van der Waals surface area contributed by atoms with E-state index in [1.807, 2.05) is 41.0 Å². The van der Waals surface area contributed by atoms with Crippen molar-refractivity contribution in [1.82, 2.24) is 24.7 Å². The molecule has 8 nitrogen and oxygen atoms in total. The van der Waals surface area contributed by atoms with Crippen molar-refractivity contribution < 1.29 is 0 Å². The standard InChI is InChI=1S/C17H14N8/c18-16-22-15(11-9-20-24-14(11)10-4-3-7-19-8-10)25-13-6-2-1-5-12(13)21-17(25)23-16/h1-9,15H,(H,20,24)(H3,18,21,22,23)/t15-/m0/s1. The van der Waals surface area contributed by atoms with Crippen molar-refractivity contribution in [2.45, 2.75) is 6.17 Å². The predicted molar refractivity (Wildman–Crippen MR) is 94.9 cm³/mol. The molecule has 0 aliphatic carbocycles. The fourth-order valence-corrected chi connectivity index (χ4v) is 3.16. The van der Waals surface area contributed by atoms with Gasteiger partial charge in [-0.15, -0.1) is 0 Å². The maximum Gasteiger partial charge on any atom is 0.212 e. The molecule has 4 N–H and O–H groups in total. The predicted octanol–water partition coefficient (Wildman–Crippen LogP) is 2.11. The maximum atomic E-state index is 6.00. The highest BCUT2D eigenvalue weighted by Gasteiger charge is 2.28. The second-order valence-electron chi connectivity index (χ2n) is 5.75. The lowest BCUT2D eigenvalue weighted by molar-refractivity contribution is 0.628. The number of fused-ring (bicyclic) bond motifs is 3. The van der Waals surface area contributed by atoms with Crippen LogP contribution in [0.1, 0.15) is 11.7 Å². The Balaban J connectivity index is 1.74. The number of para-hydroxylation sites is 2. The number of imidazole rings is 1. The van der Waals surface area contributed by atoms with Crippen LogP contribution < -0.4 is 11.1 Å². The van der Waals surface area contributed by atoms with Gasteiger partial charge in [0.2, 0.25) is 5.95 Å². The average Bonchev–Trinajstić information content (AvgIpc) is 3.26. The second-order valence-corrected chi connectivity index (χ2v) is 5.75. The third kappa shape index (κ3) is 2.08. The smallest absolute Gasteiger partial charge is 0.212 e. The van der Waals surface area contributed by atoms with Crippen LogP contribution in [0.25, 0.3) is 22.3 Å². The summed E-state index contributed by atoms with van der Waals surface area (Å²) >= 11 is 0. The number of H-pyrrole nitrogens is 1. The van der Waals surface area contributed by atoms with Gasteiger partial charge in [-0.1, -0.05) is 12.1 Å². The number of aromatic amines is 1. The first kappa shape index (κ1) is 13.7. The molecular weight excluding hydrogens is 316 g/mol. The van der Waals surface area contributed by atoms with E-state index in [1.165, 1.54) is 0 Å². The molecule has 0 amide bonds. The third-order valence-corrected chi connectivity index (χ3v) is 4.24. The van der Waals surface area contributed by atoms with E-state index in [0.717, 1.165) is 27.9 Å². The van der Waals surface area contributed by atoms with Crippen LogP contribution in [0, 0.1) is 0 Å². The van der Waals surface area contributed by atoms with Gasteiger partial charge in [0.05, 0.1) is 22.9 Å². The van der Waals surface area contributed by atoms with Crippen molar-refractivity contribution in [2.75, 3.05) is 5.32 Å². The van der Waals surface area contributed by atoms with Crippen molar-refractivity contribution in [1.29, 1.82) is 0 Å². The summed E-state index contributed by atoms with van der Waals surface area (Å²) in [4.78, 5) is 13.4. The zero-order valence-corrected chi connectivity index (χ0v) is 13.1. The van der Waals surface area contributed by atoms with Crippen LogP contribution in [0.15, 0.2) is 60.0 Å². The zero-order valence-electron chi connectivity index (χ0n) is 13.1. The topological polar surface area (TPSA) is 110 Å². The lowest BCUT2D eigenvalue weighted by Crippen LogP contribution is -2.31. The molecule has 1 aliphatic rings. The Morgan fingerprint density at radius 1 is 1.08 bits per heavy atom. The van der Waals surface area contributed by atoms with Crippen LogP contribution in [0.3, 0.4) is 0 Å². The molecule has 1 aliphatic heterocycles. The van der Waals surface area contributed by atoms with Gasteiger partial charge in [-0.05, 0) is 24.3 Å². The Labute approximate surface area is 142 Å². The van der Waals surface area contributed by atoms with Crippen molar-refractivity contribution in [3.05, 3.63) is 60.6 Å². The van der Waals surface area contributed by atoms with Gasteiger partial charge in [0, 0.05) is 23.5 Å². The maximum absolute atomic E-state index is 6.00. The Bertz CT molecular complexity index is 1090. The van der Waals surface area contributed by atoms with Crippen molar-refractivity contribution in [2.24, 2.45) is 10.7 Å². The molecule has 0 saturated carbocycles. The fourth-order valence-electron chi connectivity index (χ4n) is 3.16. The van der Waals surface area contributed by atoms with Gasteiger partial charge in [-0.3, -0.25) is 20.0 Å². The SMILES string of the molecule is NC1=N[C@H](c2cn[nH]c2-c2cccnc2)n2c(nc3ccccc32)N1. The van der Waals surface area contributed by atoms with E-state index in [1.54, 1.807) is 18.6 Å². The first-order valence-corrected chi connectivity index (χ1v) is 7.82. The summed E-state index contributed by atoms with van der Waals surface area (Å²) in [6.07, 6.45) is 4.94. The fraction of sp³-hybridized carbons (Fsp3) is 0.0588. The van der Waals surface area contributed by atoms with Crippen molar-refractivity contribution in [3.8, 4) is 11.3 Å². The first-order valence-electron chi connectivity index (χ1n) is 7.82. The number of nitrogens with one attached hydrogen (secondary N) is 2. The largest absolute Gasteiger partial charge is 0.370 e. The van der Waals surface area contributed by atoms with Crippen LogP contribution in [0.5, 0.6) is 0 Å². The molecule has 3 aromatic heterocycles. The molecule has 4 aromatic rings. The third-order valence-electron chi connectivity index (χ3n) is 4.24. The molecule has 0 saturated heterocycles. The van der Waals surface area contributed by atoms with Gasteiger partial charge < -0.3 is 5.73 Å². The Morgan fingerprint density at radius 3 is 2.88 bits per heavy atom. The van der Waals surface area contributed by atoms with E-state index in [4.69, 9.17) is 5.73 Å². The zero-order chi connectivity index (χ0) is 16.8. The minimum atomic E-state index is -0.363. The summed E-state index contributed by atoms with van der Waals surface area (Å²) in [5, 5.41) is 10.3. The van der Waals surface area contributed by atoms with Crippen molar-refractivity contribution in [3.63, 3.8) is 0 Å². The lowest BCUT2D eigenvalue weighted by atomic mass is 10.1. The molecule has 0 spiro atoms. The van der Waals surface area contributed by atoms with E-state index < -0.39 is 0 Å². The first-order chi connectivity index (χ1) is 12.3. The molecule has 5 rings (SSSR count). The van der Waals surface area contributed by atoms with Crippen LogP contribution in [-0.4, -0.2) is 30.7 Å². The number of aliphatic imine (C=N–C) groups is 1. The minimum absolute atomic E-state index is 0.325. The number of guanidine groups is 1. The quantitative estimate of drug-likeness (QED) is 0.521. The summed E-state index contributed by atoms with van der Waals surface area (Å²) in [6.45, 7) is 0. The summed E-state index contributed by atoms with van der Waals surface area (Å²) in [7, 11) is 0. The Kier molecular flexibility index (Phi) is 2.84. The number of benzene rings is 1. The van der Waals surface area contributed by atoms with Crippen LogP contribution in [0.2, 0.25) is 0 Å². The summed E-state index contributed by atoms with van der Waals surface area (Å²) in [6, 6.07) is 11.8. The summed E-state index contributed by atoms with van der Waals surface area (Å²) in [5.41, 5.74) is 10.6. The number of aromatic nitrogens is 5. The van der Waals surface area contributed by atoms with Crippen LogP contribution >= 0.6 is 0 Å². The van der Waals surface area contributed by atoms with Crippen LogP contribution in [-0.2, 0) is 0 Å². The van der Waals surface area contributed by atoms with Crippen molar-refractivity contribution >= 4 is 22.9 Å². The number of hydrogen-bond donors (Lipinski definition) is 3. The normalized spacial score (nSPS) is 16.3.